The molecule has 0 saturated carbocycles. The average molecular weight is 338 g/mol. The summed E-state index contributed by atoms with van der Waals surface area (Å²) in [6.07, 6.45) is 7.84. The van der Waals surface area contributed by atoms with E-state index in [2.05, 4.69) is 35.5 Å². The number of aromatic nitrogens is 6. The maximum absolute atomic E-state index is 12.1. The van der Waals surface area contributed by atoms with E-state index in [4.69, 9.17) is 4.52 Å². The van der Waals surface area contributed by atoms with Gasteiger partial charge in [-0.2, -0.15) is 9.97 Å². The minimum absolute atomic E-state index is 0.0251. The van der Waals surface area contributed by atoms with Crippen LogP contribution in [0.15, 0.2) is 40.1 Å². The highest BCUT2D eigenvalue weighted by Crippen LogP contribution is 2.17. The van der Waals surface area contributed by atoms with Gasteiger partial charge in [0.25, 0.3) is 17.6 Å². The third kappa shape index (κ3) is 2.89. The fraction of sp³-hybridized carbons (Fsp3) is 0.143. The smallest absolute Gasteiger partial charge is 0.291 e. The highest BCUT2D eigenvalue weighted by Gasteiger charge is 2.24. The summed E-state index contributed by atoms with van der Waals surface area (Å²) in [6, 6.07) is 1.67. The number of carbonyl (C=O) groups excluding carboxylic acids is 2. The number of amides is 2. The fourth-order valence-corrected chi connectivity index (χ4v) is 2.17. The number of nitrogens with one attached hydrogen (secondary N) is 1. The SMILES string of the molecule is O=C(NCc1nc(C2C=CC=NC2=O)no1)c1nc2ncccn2n1. The fourth-order valence-electron chi connectivity index (χ4n) is 2.17. The first-order chi connectivity index (χ1) is 12.2. The molecular formula is C14H10N8O3. The topological polar surface area (TPSA) is 141 Å². The van der Waals surface area contributed by atoms with Crippen molar-refractivity contribution in [1.82, 2.24) is 35.0 Å². The van der Waals surface area contributed by atoms with E-state index in [9.17, 15) is 9.59 Å². The van der Waals surface area contributed by atoms with Gasteiger partial charge in [0.1, 0.15) is 5.92 Å². The summed E-state index contributed by atoms with van der Waals surface area (Å²) in [7, 11) is 0. The Morgan fingerprint density at radius 3 is 3.12 bits per heavy atom. The zero-order valence-corrected chi connectivity index (χ0v) is 12.6. The quantitative estimate of drug-likeness (QED) is 0.683. The summed E-state index contributed by atoms with van der Waals surface area (Å²) in [5.74, 6) is -0.930. The van der Waals surface area contributed by atoms with Gasteiger partial charge in [0.15, 0.2) is 5.82 Å². The van der Waals surface area contributed by atoms with Crippen molar-refractivity contribution in [3.05, 3.63) is 48.2 Å². The van der Waals surface area contributed by atoms with Crippen molar-refractivity contribution >= 4 is 23.8 Å². The minimum Gasteiger partial charge on any atom is -0.340 e. The average Bonchev–Trinajstić information content (AvgIpc) is 3.27. The maximum atomic E-state index is 12.1. The van der Waals surface area contributed by atoms with Crippen molar-refractivity contribution in [2.45, 2.75) is 12.5 Å². The molecule has 0 fully saturated rings. The predicted octanol–water partition coefficient (Wildman–Crippen LogP) is -0.312. The number of fused-ring (bicyclic) bond motifs is 1. The van der Waals surface area contributed by atoms with E-state index in [-0.39, 0.29) is 30.0 Å². The standard InChI is InChI=1S/C14H10N8O3/c23-12-8(3-1-4-15-12)10-18-9(25-21-10)7-17-13(24)11-19-14-16-5-2-6-22(14)20-11/h1-6,8H,7H2,(H,17,24). The number of hydrogen-bond acceptors (Lipinski definition) is 8. The second-order valence-electron chi connectivity index (χ2n) is 5.01. The largest absolute Gasteiger partial charge is 0.340 e. The minimum atomic E-state index is -0.676. The lowest BCUT2D eigenvalue weighted by Crippen LogP contribution is -2.24. The Labute approximate surface area is 139 Å². The molecule has 25 heavy (non-hydrogen) atoms. The molecule has 1 aliphatic heterocycles. The highest BCUT2D eigenvalue weighted by molar-refractivity contribution is 5.96. The molecule has 3 aromatic rings. The van der Waals surface area contributed by atoms with E-state index in [0.717, 1.165) is 0 Å². The highest BCUT2D eigenvalue weighted by atomic mass is 16.5. The Balaban J connectivity index is 1.43. The molecule has 124 valence electrons. The van der Waals surface area contributed by atoms with Crippen LogP contribution in [0.3, 0.4) is 0 Å². The van der Waals surface area contributed by atoms with E-state index >= 15 is 0 Å². The number of aliphatic imine (C=N–C) groups is 1. The molecule has 0 bridgehead atoms. The molecule has 1 unspecified atom stereocenters. The van der Waals surface area contributed by atoms with Gasteiger partial charge in [0.05, 0.1) is 6.54 Å². The third-order valence-electron chi connectivity index (χ3n) is 3.34. The van der Waals surface area contributed by atoms with Crippen LogP contribution in [-0.4, -0.2) is 47.8 Å². The Kier molecular flexibility index (Phi) is 3.57. The van der Waals surface area contributed by atoms with Crippen LogP contribution in [0.25, 0.3) is 5.78 Å². The normalized spacial score (nSPS) is 16.5. The van der Waals surface area contributed by atoms with Gasteiger partial charge in [-0.05, 0) is 12.1 Å². The summed E-state index contributed by atoms with van der Waals surface area (Å²) in [6.45, 7) is -0.0251. The molecule has 2 amide bonds. The van der Waals surface area contributed by atoms with Crippen molar-refractivity contribution in [3.8, 4) is 0 Å². The Hall–Kier alpha value is -3.76. The predicted molar refractivity (Wildman–Crippen MR) is 81.6 cm³/mol. The van der Waals surface area contributed by atoms with Crippen molar-refractivity contribution in [2.24, 2.45) is 4.99 Å². The number of rotatable bonds is 4. The monoisotopic (exact) mass is 338 g/mol. The molecular weight excluding hydrogens is 328 g/mol. The molecule has 0 aromatic carbocycles. The molecule has 0 spiro atoms. The van der Waals surface area contributed by atoms with Gasteiger partial charge in [-0.3, -0.25) is 9.59 Å². The van der Waals surface area contributed by atoms with E-state index in [1.807, 2.05) is 0 Å². The van der Waals surface area contributed by atoms with Crippen molar-refractivity contribution in [3.63, 3.8) is 0 Å². The Morgan fingerprint density at radius 1 is 1.36 bits per heavy atom. The molecule has 1 aliphatic rings. The number of allylic oxidation sites excluding steroid dienone is 1. The molecule has 0 aliphatic carbocycles. The van der Waals surface area contributed by atoms with Gasteiger partial charge in [-0.15, -0.1) is 5.10 Å². The van der Waals surface area contributed by atoms with Gasteiger partial charge in [-0.1, -0.05) is 11.2 Å². The zero-order valence-electron chi connectivity index (χ0n) is 12.6. The maximum Gasteiger partial charge on any atom is 0.291 e. The van der Waals surface area contributed by atoms with Crippen molar-refractivity contribution in [1.29, 1.82) is 0 Å². The second-order valence-corrected chi connectivity index (χ2v) is 5.01. The molecule has 0 radical (unpaired) electrons. The number of dihydropyridines is 1. The molecule has 4 heterocycles. The van der Waals surface area contributed by atoms with Crippen LogP contribution in [-0.2, 0) is 11.3 Å². The molecule has 3 aromatic heterocycles. The van der Waals surface area contributed by atoms with Crippen LogP contribution in [0.2, 0.25) is 0 Å². The van der Waals surface area contributed by atoms with Gasteiger partial charge < -0.3 is 9.84 Å². The second kappa shape index (κ2) is 6.03. The summed E-state index contributed by atoms with van der Waals surface area (Å²) < 4.78 is 6.43. The van der Waals surface area contributed by atoms with Crippen LogP contribution < -0.4 is 5.32 Å². The number of carbonyl (C=O) groups is 2. The van der Waals surface area contributed by atoms with E-state index < -0.39 is 11.8 Å². The van der Waals surface area contributed by atoms with Crippen molar-refractivity contribution < 1.29 is 14.1 Å². The Bertz CT molecular complexity index is 985. The summed E-state index contributed by atoms with van der Waals surface area (Å²) in [4.78, 5) is 39.5. The van der Waals surface area contributed by atoms with E-state index in [1.54, 1.807) is 30.6 Å². The van der Waals surface area contributed by atoms with Gasteiger partial charge in [0, 0.05) is 18.6 Å². The van der Waals surface area contributed by atoms with E-state index in [1.165, 1.54) is 10.7 Å². The van der Waals surface area contributed by atoms with E-state index in [0.29, 0.717) is 5.78 Å². The molecule has 1 atom stereocenters. The lowest BCUT2D eigenvalue weighted by Gasteiger charge is -2.04. The summed E-state index contributed by atoms with van der Waals surface area (Å²) in [5.41, 5.74) is 0. The summed E-state index contributed by atoms with van der Waals surface area (Å²) in [5, 5.41) is 10.3. The molecule has 11 heteroatoms. The first-order valence-corrected chi connectivity index (χ1v) is 7.23. The van der Waals surface area contributed by atoms with Crippen LogP contribution in [0.4, 0.5) is 0 Å². The van der Waals surface area contributed by atoms with Gasteiger partial charge >= 0.3 is 0 Å². The molecule has 1 N–H and O–H groups in total. The van der Waals surface area contributed by atoms with Crippen LogP contribution in [0.1, 0.15) is 28.3 Å². The molecule has 4 rings (SSSR count). The number of hydrogen-bond donors (Lipinski definition) is 1. The van der Waals surface area contributed by atoms with Gasteiger partial charge in [0.2, 0.25) is 11.7 Å². The van der Waals surface area contributed by atoms with Crippen LogP contribution >= 0.6 is 0 Å². The molecule has 11 nitrogen and oxygen atoms in total. The molecule has 0 saturated heterocycles. The van der Waals surface area contributed by atoms with Crippen molar-refractivity contribution in [2.75, 3.05) is 0 Å². The number of nitrogens with zero attached hydrogens (tertiary/aromatic N) is 7. The van der Waals surface area contributed by atoms with Crippen LogP contribution in [0, 0.1) is 0 Å². The van der Waals surface area contributed by atoms with Crippen LogP contribution in [0.5, 0.6) is 0 Å². The Morgan fingerprint density at radius 2 is 2.28 bits per heavy atom. The lowest BCUT2D eigenvalue weighted by molar-refractivity contribution is -0.118. The lowest BCUT2D eigenvalue weighted by atomic mass is 10.1. The summed E-state index contributed by atoms with van der Waals surface area (Å²) >= 11 is 0. The first kappa shape index (κ1) is 14.8. The first-order valence-electron chi connectivity index (χ1n) is 7.23. The third-order valence-corrected chi connectivity index (χ3v) is 3.34. The zero-order chi connectivity index (χ0) is 17.2. The van der Waals surface area contributed by atoms with Gasteiger partial charge in [-0.25, -0.2) is 14.5 Å².